The number of benzene rings is 4. The third-order valence-electron chi connectivity index (χ3n) is 5.01. The molecule has 4 rings (SSSR count). The number of Topliss-reactive ketones (excluding diaryl/α,β-unsaturated/α-hetero) is 1. The fourth-order valence-electron chi connectivity index (χ4n) is 3.29. The summed E-state index contributed by atoms with van der Waals surface area (Å²) in [5, 5.41) is 0.896. The number of carbonyl (C=O) groups is 1. The molecule has 1 nitrogen and oxygen atoms in total. The molecular weight excluding hydrogens is 553 g/mol. The minimum atomic E-state index is -0.345. The molecule has 4 heteroatoms. The first-order valence-electron chi connectivity index (χ1n) is 11.0. The molecule has 0 N–H and O–H groups in total. The topological polar surface area (TPSA) is 17.1 Å². The van der Waals surface area contributed by atoms with Gasteiger partial charge >= 0.3 is 214 Å². The van der Waals surface area contributed by atoms with Gasteiger partial charge in [0.05, 0.1) is 0 Å². The summed E-state index contributed by atoms with van der Waals surface area (Å²) in [7, 11) is 0. The molecule has 0 amide bonds. The van der Waals surface area contributed by atoms with Crippen LogP contribution in [-0.4, -0.2) is 35.7 Å². The van der Waals surface area contributed by atoms with E-state index in [1.165, 1.54) is 21.1 Å². The minimum absolute atomic E-state index is 0.0124. The van der Waals surface area contributed by atoms with Gasteiger partial charge in [0.1, 0.15) is 0 Å². The van der Waals surface area contributed by atoms with Crippen molar-refractivity contribution in [3.05, 3.63) is 144 Å². The van der Waals surface area contributed by atoms with Crippen LogP contribution in [0.15, 0.2) is 127 Å². The van der Waals surface area contributed by atoms with Crippen molar-refractivity contribution in [2.24, 2.45) is 0 Å². The van der Waals surface area contributed by atoms with Gasteiger partial charge in [0.2, 0.25) is 0 Å². The van der Waals surface area contributed by atoms with Gasteiger partial charge in [-0.15, -0.1) is 0 Å². The van der Waals surface area contributed by atoms with Gasteiger partial charge in [0.15, 0.2) is 0 Å². The SMILES string of the molecule is O=C(C(=C=C([Se]c1ccccc1)c1ccccc1)CC[Se]c1ccccc1)c1ccc(F)cc1. The van der Waals surface area contributed by atoms with E-state index in [9.17, 15) is 9.18 Å². The number of hydrogen-bond acceptors (Lipinski definition) is 1. The summed E-state index contributed by atoms with van der Waals surface area (Å²) >= 11 is 0.246. The Hall–Kier alpha value is -2.96. The average molecular weight is 576 g/mol. The van der Waals surface area contributed by atoms with Crippen LogP contribution in [0.5, 0.6) is 0 Å². The Bertz CT molecular complexity index is 1280. The standard InChI is InChI=1S/C30H23FOSe2/c31-26-18-16-24(17-19-26)30(32)25(20-21-33-27-12-6-2-7-13-27)22-29(23-10-4-1-5-11-23)34-28-14-8-3-9-15-28/h1-19H,20-21H2. The van der Waals surface area contributed by atoms with E-state index < -0.39 is 0 Å². The molecule has 0 radical (unpaired) electrons. The Balaban J connectivity index is 1.73. The summed E-state index contributed by atoms with van der Waals surface area (Å²) in [5.41, 5.74) is 5.77. The van der Waals surface area contributed by atoms with Crippen molar-refractivity contribution >= 4 is 49.1 Å². The van der Waals surface area contributed by atoms with Crippen molar-refractivity contribution in [3.8, 4) is 0 Å². The van der Waals surface area contributed by atoms with Gasteiger partial charge in [-0.2, -0.15) is 0 Å². The molecule has 168 valence electrons. The van der Waals surface area contributed by atoms with Gasteiger partial charge in [-0.25, -0.2) is 0 Å². The number of rotatable bonds is 9. The predicted octanol–water partition coefficient (Wildman–Crippen LogP) is 5.44. The summed E-state index contributed by atoms with van der Waals surface area (Å²) in [6.07, 6.45) is 0.631. The number of hydrogen-bond donors (Lipinski definition) is 0. The van der Waals surface area contributed by atoms with E-state index in [4.69, 9.17) is 0 Å². The Kier molecular flexibility index (Phi) is 8.88. The van der Waals surface area contributed by atoms with Crippen LogP contribution in [0.3, 0.4) is 0 Å². The van der Waals surface area contributed by atoms with Crippen LogP contribution in [-0.2, 0) is 0 Å². The molecule has 0 unspecified atom stereocenters. The van der Waals surface area contributed by atoms with E-state index in [1.54, 1.807) is 12.1 Å². The molecular formula is C30H23FOSe2. The molecule has 0 fully saturated rings. The molecule has 0 aliphatic carbocycles. The van der Waals surface area contributed by atoms with E-state index in [0.717, 1.165) is 15.4 Å². The third kappa shape index (κ3) is 7.02. The molecule has 34 heavy (non-hydrogen) atoms. The third-order valence-corrected chi connectivity index (χ3v) is 9.34. The molecule has 0 atom stereocenters. The summed E-state index contributed by atoms with van der Waals surface area (Å²) in [6, 6.07) is 36.7. The number of halogens is 1. The second-order valence-corrected chi connectivity index (χ2v) is 12.2. The normalized spacial score (nSPS) is 10.4. The average Bonchev–Trinajstić information content (AvgIpc) is 2.89. The van der Waals surface area contributed by atoms with E-state index >= 15 is 0 Å². The van der Waals surface area contributed by atoms with Crippen LogP contribution >= 0.6 is 0 Å². The summed E-state index contributed by atoms with van der Waals surface area (Å²) < 4.78 is 17.1. The second-order valence-electron chi connectivity index (χ2n) is 7.46. The molecule has 0 heterocycles. The van der Waals surface area contributed by atoms with E-state index in [2.05, 4.69) is 42.1 Å². The first kappa shape index (κ1) is 24.2. The maximum atomic E-state index is 13.5. The summed E-state index contributed by atoms with van der Waals surface area (Å²) in [5.74, 6) is -0.427. The fraction of sp³-hybridized carbons (Fsp3) is 0.0667. The van der Waals surface area contributed by atoms with Gasteiger partial charge in [-0.05, 0) is 0 Å². The van der Waals surface area contributed by atoms with Gasteiger partial charge < -0.3 is 0 Å². The fourth-order valence-corrected chi connectivity index (χ4v) is 7.16. The van der Waals surface area contributed by atoms with Crippen molar-refractivity contribution in [3.63, 3.8) is 0 Å². The first-order chi connectivity index (χ1) is 16.7. The van der Waals surface area contributed by atoms with Crippen molar-refractivity contribution < 1.29 is 9.18 Å². The van der Waals surface area contributed by atoms with Gasteiger partial charge in [0.25, 0.3) is 0 Å². The number of allylic oxidation sites excluding steroid dienone is 1. The van der Waals surface area contributed by atoms with Crippen LogP contribution in [0.4, 0.5) is 4.39 Å². The van der Waals surface area contributed by atoms with Crippen molar-refractivity contribution in [2.75, 3.05) is 0 Å². The predicted molar refractivity (Wildman–Crippen MR) is 141 cm³/mol. The second kappa shape index (κ2) is 12.5. The van der Waals surface area contributed by atoms with Gasteiger partial charge in [-0.3, -0.25) is 0 Å². The summed E-state index contributed by atoms with van der Waals surface area (Å²) in [6.45, 7) is 0. The zero-order valence-corrected chi connectivity index (χ0v) is 21.9. The number of ketones is 1. The van der Waals surface area contributed by atoms with Crippen molar-refractivity contribution in [1.29, 1.82) is 0 Å². The van der Waals surface area contributed by atoms with Crippen LogP contribution in [0.25, 0.3) is 4.47 Å². The molecule has 4 aromatic carbocycles. The Morgan fingerprint density at radius 3 is 1.85 bits per heavy atom. The van der Waals surface area contributed by atoms with E-state index in [-0.39, 0.29) is 41.5 Å². The van der Waals surface area contributed by atoms with Gasteiger partial charge in [0, 0.05) is 0 Å². The molecule has 4 aromatic rings. The van der Waals surface area contributed by atoms with Crippen molar-refractivity contribution in [2.45, 2.75) is 11.7 Å². The van der Waals surface area contributed by atoms with Crippen LogP contribution in [0.2, 0.25) is 5.32 Å². The summed E-state index contributed by atoms with van der Waals surface area (Å²) in [4.78, 5) is 13.5. The zero-order chi connectivity index (χ0) is 23.6. The van der Waals surface area contributed by atoms with E-state index in [1.807, 2.05) is 54.6 Å². The van der Waals surface area contributed by atoms with Crippen LogP contribution in [0, 0.1) is 5.82 Å². The van der Waals surface area contributed by atoms with Crippen LogP contribution in [0.1, 0.15) is 22.3 Å². The maximum absolute atomic E-state index is 13.5. The molecule has 0 bridgehead atoms. The Labute approximate surface area is 212 Å². The van der Waals surface area contributed by atoms with E-state index in [0.29, 0.717) is 17.6 Å². The quantitative estimate of drug-likeness (QED) is 0.112. The molecule has 0 spiro atoms. The molecule has 0 saturated carbocycles. The van der Waals surface area contributed by atoms with Crippen LogP contribution < -0.4 is 8.92 Å². The first-order valence-corrected chi connectivity index (χ1v) is 14.7. The molecule has 0 aromatic heterocycles. The number of carbonyl (C=O) groups excluding carboxylic acids is 1. The zero-order valence-electron chi connectivity index (χ0n) is 18.5. The monoisotopic (exact) mass is 578 g/mol. The van der Waals surface area contributed by atoms with Crippen molar-refractivity contribution in [1.82, 2.24) is 0 Å². The van der Waals surface area contributed by atoms with Gasteiger partial charge in [-0.1, -0.05) is 0 Å². The Morgan fingerprint density at radius 2 is 1.24 bits per heavy atom. The Morgan fingerprint density at radius 1 is 0.676 bits per heavy atom. The molecule has 0 aliphatic rings. The molecule has 0 saturated heterocycles. The molecule has 0 aliphatic heterocycles.